The number of methoxy groups -OCH3 is 1. The van der Waals surface area contributed by atoms with Crippen LogP contribution in [0.3, 0.4) is 0 Å². The first-order chi connectivity index (χ1) is 17.9. The zero-order valence-electron chi connectivity index (χ0n) is 22.4. The van der Waals surface area contributed by atoms with Gasteiger partial charge in [0, 0.05) is 37.1 Å². The van der Waals surface area contributed by atoms with Crippen molar-refractivity contribution < 1.29 is 19.0 Å². The van der Waals surface area contributed by atoms with Crippen LogP contribution >= 0.6 is 0 Å². The van der Waals surface area contributed by atoms with Gasteiger partial charge in [0.05, 0.1) is 0 Å². The number of likely N-dealkylation sites (tertiary alicyclic amines) is 1. The van der Waals surface area contributed by atoms with Crippen LogP contribution in [0, 0.1) is 11.3 Å². The van der Waals surface area contributed by atoms with Crippen molar-refractivity contribution in [3.63, 3.8) is 0 Å². The molecule has 1 spiro atoms. The Labute approximate surface area is 220 Å². The molecule has 3 aliphatic carbocycles. The van der Waals surface area contributed by atoms with Gasteiger partial charge in [0.15, 0.2) is 11.5 Å². The second-order valence-electron chi connectivity index (χ2n) is 12.6. The third-order valence-corrected chi connectivity index (χ3v) is 10.7. The van der Waals surface area contributed by atoms with Crippen LogP contribution in [0.4, 0.5) is 0 Å². The van der Waals surface area contributed by atoms with Crippen molar-refractivity contribution in [2.75, 3.05) is 20.2 Å². The van der Waals surface area contributed by atoms with Gasteiger partial charge in [-0.3, -0.25) is 9.69 Å². The highest BCUT2D eigenvalue weighted by atomic mass is 16.6. The fourth-order valence-electron chi connectivity index (χ4n) is 8.73. The normalized spacial score (nSPS) is 35.5. The molecule has 7 rings (SSSR count). The molecule has 0 aromatic heterocycles. The van der Waals surface area contributed by atoms with E-state index in [1.54, 1.807) is 14.0 Å². The zero-order valence-corrected chi connectivity index (χ0v) is 22.4. The van der Waals surface area contributed by atoms with E-state index < -0.39 is 5.60 Å². The van der Waals surface area contributed by atoms with Gasteiger partial charge in [-0.25, -0.2) is 0 Å². The number of carbonyl (C=O) groups is 1. The first kappa shape index (κ1) is 23.7. The SMILES string of the molecule is CO[C@]1(CC(C)=O)CC[C@]2(C)[C@H]3Cc4ccc(OCc5ccccc5)c5c4[C@@]2(CCN3CC2CC2)[C@H]1O5. The molecule has 1 saturated heterocycles. The summed E-state index contributed by atoms with van der Waals surface area (Å²) in [5.41, 5.74) is 3.19. The van der Waals surface area contributed by atoms with E-state index in [1.165, 1.54) is 30.5 Å². The summed E-state index contributed by atoms with van der Waals surface area (Å²) in [6, 6.07) is 15.2. The van der Waals surface area contributed by atoms with Crippen LogP contribution in [-0.4, -0.2) is 48.6 Å². The topological polar surface area (TPSA) is 48.0 Å². The number of rotatable bonds is 8. The highest BCUT2D eigenvalue weighted by Crippen LogP contribution is 2.71. The average Bonchev–Trinajstić information content (AvgIpc) is 3.64. The van der Waals surface area contributed by atoms with Crippen molar-refractivity contribution in [2.24, 2.45) is 11.3 Å². The minimum atomic E-state index is -0.612. The molecule has 2 bridgehead atoms. The summed E-state index contributed by atoms with van der Waals surface area (Å²) >= 11 is 0. The summed E-state index contributed by atoms with van der Waals surface area (Å²) in [5, 5.41) is 0. The quantitative estimate of drug-likeness (QED) is 0.480. The number of Topliss-reactive ketones (excluding diaryl/α,β-unsaturated/α-hetero) is 1. The minimum absolute atomic E-state index is 0.0694. The number of carbonyl (C=O) groups excluding carboxylic acids is 1. The van der Waals surface area contributed by atoms with Gasteiger partial charge in [-0.1, -0.05) is 43.3 Å². The number of nitrogens with zero attached hydrogens (tertiary/aromatic N) is 1. The molecule has 2 heterocycles. The third-order valence-electron chi connectivity index (χ3n) is 10.7. The Bertz CT molecular complexity index is 1220. The van der Waals surface area contributed by atoms with E-state index in [4.69, 9.17) is 14.2 Å². The average molecular weight is 502 g/mol. The molecule has 5 aliphatic rings. The molecule has 0 amide bonds. The Morgan fingerprint density at radius 1 is 1.11 bits per heavy atom. The van der Waals surface area contributed by atoms with Crippen molar-refractivity contribution in [1.29, 1.82) is 0 Å². The number of benzene rings is 2. The van der Waals surface area contributed by atoms with Gasteiger partial charge in [0.2, 0.25) is 0 Å². The van der Waals surface area contributed by atoms with Gasteiger partial charge < -0.3 is 14.2 Å². The molecule has 2 aromatic carbocycles. The zero-order chi connectivity index (χ0) is 25.4. The summed E-state index contributed by atoms with van der Waals surface area (Å²) in [7, 11) is 1.78. The molecular weight excluding hydrogens is 462 g/mol. The standard InChI is InChI=1S/C32H39NO4/c1-21(34)18-31(35-3)14-13-30(2)26-17-24-11-12-25(36-20-23-7-5-4-6-8-23)28-27(24)32(30,29(31)37-28)15-16-33(26)19-22-9-10-22/h4-8,11-12,22,26,29H,9-10,13-20H2,1-3H3/t26-,29+,30-,31+,32+/m1/s1. The maximum Gasteiger partial charge on any atom is 0.166 e. The molecule has 2 aliphatic heterocycles. The number of ether oxygens (including phenoxy) is 3. The highest BCUT2D eigenvalue weighted by Gasteiger charge is 2.74. The molecule has 0 radical (unpaired) electrons. The second kappa shape index (κ2) is 8.31. The Hall–Kier alpha value is -2.37. The van der Waals surface area contributed by atoms with Gasteiger partial charge in [-0.15, -0.1) is 0 Å². The number of hydrogen-bond acceptors (Lipinski definition) is 5. The van der Waals surface area contributed by atoms with Crippen molar-refractivity contribution in [2.45, 2.75) is 88.6 Å². The van der Waals surface area contributed by atoms with Crippen molar-refractivity contribution in [3.8, 4) is 11.5 Å². The lowest BCUT2D eigenvalue weighted by molar-refractivity contribution is -0.207. The van der Waals surface area contributed by atoms with E-state index in [9.17, 15) is 4.79 Å². The molecule has 3 fully saturated rings. The number of piperidine rings is 1. The summed E-state index contributed by atoms with van der Waals surface area (Å²) in [6.45, 7) is 7.04. The summed E-state index contributed by atoms with van der Waals surface area (Å²) < 4.78 is 19.9. The molecule has 2 aromatic rings. The largest absolute Gasteiger partial charge is 0.485 e. The lowest BCUT2D eigenvalue weighted by atomic mass is 9.42. The Morgan fingerprint density at radius 2 is 1.92 bits per heavy atom. The van der Waals surface area contributed by atoms with Crippen molar-refractivity contribution >= 4 is 5.78 Å². The van der Waals surface area contributed by atoms with E-state index in [-0.39, 0.29) is 22.7 Å². The lowest BCUT2D eigenvalue weighted by Gasteiger charge is -2.67. The fourth-order valence-corrected chi connectivity index (χ4v) is 8.73. The molecule has 5 nitrogen and oxygen atoms in total. The van der Waals surface area contributed by atoms with Crippen LogP contribution in [-0.2, 0) is 28.0 Å². The lowest BCUT2D eigenvalue weighted by Crippen LogP contribution is -2.75. The van der Waals surface area contributed by atoms with Gasteiger partial charge in [0.1, 0.15) is 24.1 Å². The fraction of sp³-hybridized carbons (Fsp3) is 0.594. The van der Waals surface area contributed by atoms with Crippen LogP contribution in [0.2, 0.25) is 0 Å². The van der Waals surface area contributed by atoms with Crippen LogP contribution in [0.1, 0.15) is 69.1 Å². The molecule has 0 unspecified atom stereocenters. The summed E-state index contributed by atoms with van der Waals surface area (Å²) in [4.78, 5) is 15.4. The van der Waals surface area contributed by atoms with E-state index in [0.29, 0.717) is 19.1 Å². The molecule has 37 heavy (non-hydrogen) atoms. The summed E-state index contributed by atoms with van der Waals surface area (Å²) in [5.74, 6) is 2.77. The highest BCUT2D eigenvalue weighted by molar-refractivity contribution is 5.77. The molecule has 0 N–H and O–H groups in total. The van der Waals surface area contributed by atoms with Crippen LogP contribution in [0.15, 0.2) is 42.5 Å². The second-order valence-corrected chi connectivity index (χ2v) is 12.6. The Balaban J connectivity index is 1.35. The van der Waals surface area contributed by atoms with Crippen LogP contribution in [0.5, 0.6) is 11.5 Å². The smallest absolute Gasteiger partial charge is 0.166 e. The van der Waals surface area contributed by atoms with E-state index in [2.05, 4.69) is 36.1 Å². The van der Waals surface area contributed by atoms with Gasteiger partial charge >= 0.3 is 0 Å². The maximum atomic E-state index is 12.6. The Morgan fingerprint density at radius 3 is 2.65 bits per heavy atom. The predicted octanol–water partition coefficient (Wildman–Crippen LogP) is 5.47. The maximum absolute atomic E-state index is 12.6. The van der Waals surface area contributed by atoms with E-state index >= 15 is 0 Å². The number of ketones is 1. The monoisotopic (exact) mass is 501 g/mol. The van der Waals surface area contributed by atoms with Gasteiger partial charge in [0.25, 0.3) is 0 Å². The molecular formula is C32H39NO4. The first-order valence-corrected chi connectivity index (χ1v) is 14.2. The van der Waals surface area contributed by atoms with Crippen LogP contribution < -0.4 is 9.47 Å². The Kier molecular flexibility index (Phi) is 5.33. The minimum Gasteiger partial charge on any atom is -0.485 e. The van der Waals surface area contributed by atoms with Gasteiger partial charge in [-0.2, -0.15) is 0 Å². The molecule has 2 saturated carbocycles. The van der Waals surface area contributed by atoms with E-state index in [1.807, 2.05) is 18.2 Å². The number of hydrogen-bond donors (Lipinski definition) is 0. The predicted molar refractivity (Wildman–Crippen MR) is 142 cm³/mol. The van der Waals surface area contributed by atoms with Crippen molar-refractivity contribution in [1.82, 2.24) is 4.90 Å². The van der Waals surface area contributed by atoms with Gasteiger partial charge in [-0.05, 0) is 80.5 Å². The summed E-state index contributed by atoms with van der Waals surface area (Å²) in [6.07, 6.45) is 6.98. The third kappa shape index (κ3) is 3.32. The van der Waals surface area contributed by atoms with Crippen molar-refractivity contribution in [3.05, 3.63) is 59.2 Å². The van der Waals surface area contributed by atoms with Crippen LogP contribution in [0.25, 0.3) is 0 Å². The van der Waals surface area contributed by atoms with E-state index in [0.717, 1.165) is 55.2 Å². The molecule has 5 heteroatoms. The molecule has 196 valence electrons. The molecule has 5 atom stereocenters. The first-order valence-electron chi connectivity index (χ1n) is 14.2.